The van der Waals surface area contributed by atoms with Crippen molar-refractivity contribution in [3.63, 3.8) is 0 Å². The maximum Gasteiger partial charge on any atom is 0.338 e. The van der Waals surface area contributed by atoms with Gasteiger partial charge in [0.2, 0.25) is 0 Å². The minimum atomic E-state index is -0.909. The van der Waals surface area contributed by atoms with Crippen molar-refractivity contribution in [1.29, 1.82) is 0 Å². The molecule has 0 aliphatic rings. The van der Waals surface area contributed by atoms with E-state index in [2.05, 4.69) is 10.1 Å². The van der Waals surface area contributed by atoms with Gasteiger partial charge in [-0.2, -0.15) is 4.68 Å². The number of rotatable bonds is 7. The van der Waals surface area contributed by atoms with Gasteiger partial charge >= 0.3 is 11.9 Å². The average molecular weight is 469 g/mol. The molecule has 0 radical (unpaired) electrons. The highest BCUT2D eigenvalue weighted by Gasteiger charge is 2.28. The molecule has 0 aliphatic heterocycles. The molecule has 4 aromatic rings. The molecule has 0 unspecified atom stereocenters. The van der Waals surface area contributed by atoms with Gasteiger partial charge < -0.3 is 9.47 Å². The van der Waals surface area contributed by atoms with Gasteiger partial charge in [0, 0.05) is 5.56 Å². The van der Waals surface area contributed by atoms with Gasteiger partial charge in [-0.3, -0.25) is 4.79 Å². The van der Waals surface area contributed by atoms with E-state index < -0.39 is 30.1 Å². The average Bonchev–Trinajstić information content (AvgIpc) is 3.35. The van der Waals surface area contributed by atoms with Crippen LogP contribution in [0, 0.1) is 0 Å². The number of hydrogen-bond donors (Lipinski definition) is 0. The van der Waals surface area contributed by atoms with Crippen molar-refractivity contribution in [2.45, 2.75) is 26.1 Å². The van der Waals surface area contributed by atoms with E-state index in [1.54, 1.807) is 105 Å². The SMILES string of the molecule is C[C@H](OC(=O)c1ccccc1)c1nc([C@H](C)OC(=O)c2ccccc2)n(C(=O)c2ccccc2)n1. The Morgan fingerprint density at radius 2 is 1.09 bits per heavy atom. The number of aromatic nitrogens is 3. The highest BCUT2D eigenvalue weighted by atomic mass is 16.5. The molecule has 0 N–H and O–H groups in total. The van der Waals surface area contributed by atoms with Crippen LogP contribution in [0.2, 0.25) is 0 Å². The zero-order valence-corrected chi connectivity index (χ0v) is 19.2. The van der Waals surface area contributed by atoms with Gasteiger partial charge in [0.15, 0.2) is 23.9 Å². The summed E-state index contributed by atoms with van der Waals surface area (Å²) in [5, 5.41) is 4.32. The number of hydrogen-bond acceptors (Lipinski definition) is 7. The molecule has 8 heteroatoms. The maximum atomic E-state index is 13.2. The van der Waals surface area contributed by atoms with Crippen molar-refractivity contribution in [3.8, 4) is 0 Å². The van der Waals surface area contributed by atoms with Gasteiger partial charge in [-0.15, -0.1) is 5.10 Å². The van der Waals surface area contributed by atoms with E-state index in [1.165, 1.54) is 0 Å². The first-order chi connectivity index (χ1) is 16.9. The molecule has 0 saturated carbocycles. The van der Waals surface area contributed by atoms with Crippen molar-refractivity contribution >= 4 is 17.8 Å². The largest absolute Gasteiger partial charge is 0.451 e. The van der Waals surface area contributed by atoms with Gasteiger partial charge in [-0.05, 0) is 50.2 Å². The second-order valence-corrected chi connectivity index (χ2v) is 7.74. The van der Waals surface area contributed by atoms with Crippen LogP contribution in [0.15, 0.2) is 91.0 Å². The highest BCUT2D eigenvalue weighted by Crippen LogP contribution is 2.23. The summed E-state index contributed by atoms with van der Waals surface area (Å²) in [6.07, 6.45) is -1.77. The first kappa shape index (κ1) is 23.6. The molecule has 0 bridgehead atoms. The minimum absolute atomic E-state index is 0.108. The molecule has 2 atom stereocenters. The fourth-order valence-electron chi connectivity index (χ4n) is 3.34. The Hall–Kier alpha value is -4.59. The quantitative estimate of drug-likeness (QED) is 0.358. The van der Waals surface area contributed by atoms with Gasteiger partial charge in [0.05, 0.1) is 11.1 Å². The van der Waals surface area contributed by atoms with Gasteiger partial charge in [0.1, 0.15) is 0 Å². The highest BCUT2D eigenvalue weighted by molar-refractivity contribution is 5.95. The molecule has 0 saturated heterocycles. The second kappa shape index (κ2) is 10.6. The van der Waals surface area contributed by atoms with Crippen molar-refractivity contribution in [2.75, 3.05) is 0 Å². The van der Waals surface area contributed by atoms with Crippen LogP contribution in [0.1, 0.15) is 68.8 Å². The third-order valence-corrected chi connectivity index (χ3v) is 5.18. The predicted molar refractivity (Wildman–Crippen MR) is 127 cm³/mol. The zero-order valence-electron chi connectivity index (χ0n) is 19.2. The van der Waals surface area contributed by atoms with Crippen LogP contribution in [0.25, 0.3) is 0 Å². The van der Waals surface area contributed by atoms with E-state index in [0.717, 1.165) is 4.68 Å². The lowest BCUT2D eigenvalue weighted by molar-refractivity contribution is 0.0308. The second-order valence-electron chi connectivity index (χ2n) is 7.74. The molecule has 0 aliphatic carbocycles. The molecular weight excluding hydrogens is 446 g/mol. The first-order valence-corrected chi connectivity index (χ1v) is 11.0. The molecule has 0 amide bonds. The first-order valence-electron chi connectivity index (χ1n) is 11.0. The predicted octanol–water partition coefficient (Wildman–Crippen LogP) is 4.80. The summed E-state index contributed by atoms with van der Waals surface area (Å²) in [6, 6.07) is 25.6. The van der Waals surface area contributed by atoms with E-state index in [0.29, 0.717) is 16.7 Å². The summed E-state index contributed by atoms with van der Waals surface area (Å²) in [4.78, 5) is 42.7. The number of carbonyl (C=O) groups excluding carboxylic acids is 3. The normalized spacial score (nSPS) is 12.4. The lowest BCUT2D eigenvalue weighted by Gasteiger charge is -2.13. The van der Waals surface area contributed by atoms with Crippen LogP contribution in [-0.2, 0) is 9.47 Å². The lowest BCUT2D eigenvalue weighted by Crippen LogP contribution is -2.21. The Kier molecular flexibility index (Phi) is 7.11. The van der Waals surface area contributed by atoms with E-state index >= 15 is 0 Å². The number of ether oxygens (including phenoxy) is 2. The third-order valence-electron chi connectivity index (χ3n) is 5.18. The monoisotopic (exact) mass is 469 g/mol. The summed E-state index contributed by atoms with van der Waals surface area (Å²) in [5.41, 5.74) is 1.12. The summed E-state index contributed by atoms with van der Waals surface area (Å²) >= 11 is 0. The number of nitrogens with zero attached hydrogens (tertiary/aromatic N) is 3. The molecule has 8 nitrogen and oxygen atoms in total. The standard InChI is InChI=1S/C27H23N3O5/c1-18(34-26(32)21-14-8-4-9-15-21)23-28-24(19(2)35-27(33)22-16-10-5-11-17-22)30(29-23)25(31)20-12-6-3-7-13-20/h3-19H,1-2H3/t18-,19-/m0/s1. The van der Waals surface area contributed by atoms with Crippen LogP contribution in [0.4, 0.5) is 0 Å². The van der Waals surface area contributed by atoms with Crippen LogP contribution in [-0.4, -0.2) is 32.6 Å². The number of esters is 2. The van der Waals surface area contributed by atoms with Gasteiger partial charge in [-0.1, -0.05) is 54.6 Å². The van der Waals surface area contributed by atoms with Gasteiger partial charge in [0.25, 0.3) is 5.91 Å². The summed E-state index contributed by atoms with van der Waals surface area (Å²) in [7, 11) is 0. The van der Waals surface area contributed by atoms with Gasteiger partial charge in [-0.25, -0.2) is 14.6 Å². The molecular formula is C27H23N3O5. The molecule has 3 aromatic carbocycles. The topological polar surface area (TPSA) is 100 Å². The molecule has 1 heterocycles. The lowest BCUT2D eigenvalue weighted by atomic mass is 10.2. The molecule has 176 valence electrons. The Morgan fingerprint density at radius 1 is 0.657 bits per heavy atom. The van der Waals surface area contributed by atoms with E-state index in [4.69, 9.17) is 9.47 Å². The molecule has 35 heavy (non-hydrogen) atoms. The summed E-state index contributed by atoms with van der Waals surface area (Å²) < 4.78 is 12.2. The van der Waals surface area contributed by atoms with Crippen LogP contribution < -0.4 is 0 Å². The smallest absolute Gasteiger partial charge is 0.338 e. The summed E-state index contributed by atoms with van der Waals surface area (Å²) in [5.74, 6) is -1.35. The molecule has 4 rings (SSSR count). The Balaban J connectivity index is 1.62. The van der Waals surface area contributed by atoms with E-state index in [9.17, 15) is 14.4 Å². The fourth-order valence-corrected chi connectivity index (χ4v) is 3.34. The van der Waals surface area contributed by atoms with Crippen LogP contribution in [0.3, 0.4) is 0 Å². The van der Waals surface area contributed by atoms with E-state index in [1.807, 2.05) is 0 Å². The van der Waals surface area contributed by atoms with Crippen molar-refractivity contribution in [2.24, 2.45) is 0 Å². The van der Waals surface area contributed by atoms with Crippen LogP contribution >= 0.6 is 0 Å². The Morgan fingerprint density at radius 3 is 1.57 bits per heavy atom. The zero-order chi connectivity index (χ0) is 24.8. The van der Waals surface area contributed by atoms with Crippen molar-refractivity contribution < 1.29 is 23.9 Å². The van der Waals surface area contributed by atoms with Crippen molar-refractivity contribution in [1.82, 2.24) is 14.8 Å². The minimum Gasteiger partial charge on any atom is -0.451 e. The molecule has 0 spiro atoms. The molecule has 1 aromatic heterocycles. The number of benzene rings is 3. The number of carbonyl (C=O) groups is 3. The fraction of sp³-hybridized carbons (Fsp3) is 0.148. The van der Waals surface area contributed by atoms with Crippen molar-refractivity contribution in [3.05, 3.63) is 119 Å². The Labute approximate surface area is 202 Å². The van der Waals surface area contributed by atoms with E-state index in [-0.39, 0.29) is 11.6 Å². The molecule has 0 fully saturated rings. The van der Waals surface area contributed by atoms with Crippen LogP contribution in [0.5, 0.6) is 0 Å². The Bertz CT molecular complexity index is 1320. The maximum absolute atomic E-state index is 13.2. The summed E-state index contributed by atoms with van der Waals surface area (Å²) in [6.45, 7) is 3.21. The third kappa shape index (κ3) is 5.50.